The SMILES string of the molecule is OCc1ccnc(N2CCN3CCCC3C2)c1. The highest BCUT2D eigenvalue weighted by Crippen LogP contribution is 2.24. The van der Waals surface area contributed by atoms with Gasteiger partial charge in [0.05, 0.1) is 6.61 Å². The Balaban J connectivity index is 1.75. The molecule has 1 aromatic heterocycles. The second-order valence-corrected chi connectivity index (χ2v) is 4.96. The van der Waals surface area contributed by atoms with Crippen LogP contribution in [0.4, 0.5) is 5.82 Å². The molecule has 1 aromatic rings. The van der Waals surface area contributed by atoms with Gasteiger partial charge in [0.2, 0.25) is 0 Å². The first kappa shape index (κ1) is 11.0. The maximum absolute atomic E-state index is 9.16. The zero-order valence-electron chi connectivity index (χ0n) is 10.0. The van der Waals surface area contributed by atoms with Crippen LogP contribution < -0.4 is 4.90 Å². The van der Waals surface area contributed by atoms with Crippen molar-refractivity contribution < 1.29 is 5.11 Å². The van der Waals surface area contributed by atoms with Crippen LogP contribution in [0.25, 0.3) is 0 Å². The molecule has 3 rings (SSSR count). The number of aliphatic hydroxyl groups excluding tert-OH is 1. The third kappa shape index (κ3) is 2.15. The predicted molar refractivity (Wildman–Crippen MR) is 67.0 cm³/mol. The van der Waals surface area contributed by atoms with Crippen LogP contribution in [0.5, 0.6) is 0 Å². The van der Waals surface area contributed by atoms with Gasteiger partial charge in [-0.3, -0.25) is 4.90 Å². The van der Waals surface area contributed by atoms with E-state index in [1.807, 2.05) is 12.1 Å². The molecule has 2 aliphatic rings. The molecule has 17 heavy (non-hydrogen) atoms. The number of anilines is 1. The first-order chi connectivity index (χ1) is 8.36. The molecule has 0 saturated carbocycles. The fourth-order valence-corrected chi connectivity index (χ4v) is 2.93. The molecule has 0 spiro atoms. The number of rotatable bonds is 2. The number of nitrogens with zero attached hydrogens (tertiary/aromatic N) is 3. The minimum atomic E-state index is 0.0961. The van der Waals surface area contributed by atoms with E-state index in [2.05, 4.69) is 14.8 Å². The standard InChI is InChI=1S/C13H19N3O/c17-10-11-3-4-14-13(8-11)16-7-6-15-5-1-2-12(15)9-16/h3-4,8,12,17H,1-2,5-7,9-10H2. The van der Waals surface area contributed by atoms with Crippen LogP contribution in [0, 0.1) is 0 Å². The quantitative estimate of drug-likeness (QED) is 0.822. The van der Waals surface area contributed by atoms with Gasteiger partial charge in [0.15, 0.2) is 0 Å². The van der Waals surface area contributed by atoms with E-state index in [0.29, 0.717) is 6.04 Å². The highest BCUT2D eigenvalue weighted by Gasteiger charge is 2.30. The van der Waals surface area contributed by atoms with E-state index in [1.54, 1.807) is 6.20 Å². The van der Waals surface area contributed by atoms with Crippen LogP contribution in [0.1, 0.15) is 18.4 Å². The third-order valence-corrected chi connectivity index (χ3v) is 3.90. The number of hydrogen-bond donors (Lipinski definition) is 1. The van der Waals surface area contributed by atoms with Gasteiger partial charge in [-0.15, -0.1) is 0 Å². The Morgan fingerprint density at radius 1 is 1.35 bits per heavy atom. The van der Waals surface area contributed by atoms with E-state index in [0.717, 1.165) is 31.0 Å². The Bertz CT molecular complexity index is 396. The van der Waals surface area contributed by atoms with Gasteiger partial charge >= 0.3 is 0 Å². The largest absolute Gasteiger partial charge is 0.392 e. The summed E-state index contributed by atoms with van der Waals surface area (Å²) in [4.78, 5) is 9.36. The number of fused-ring (bicyclic) bond motifs is 1. The highest BCUT2D eigenvalue weighted by atomic mass is 16.3. The molecular weight excluding hydrogens is 214 g/mol. The Morgan fingerprint density at radius 3 is 3.18 bits per heavy atom. The van der Waals surface area contributed by atoms with E-state index in [1.165, 1.54) is 19.4 Å². The Hall–Kier alpha value is -1.13. The summed E-state index contributed by atoms with van der Waals surface area (Å²) in [5.74, 6) is 1.02. The van der Waals surface area contributed by atoms with Crippen molar-refractivity contribution in [3.63, 3.8) is 0 Å². The van der Waals surface area contributed by atoms with Gasteiger partial charge in [-0.25, -0.2) is 4.98 Å². The summed E-state index contributed by atoms with van der Waals surface area (Å²) < 4.78 is 0. The zero-order valence-corrected chi connectivity index (χ0v) is 10.0. The second-order valence-electron chi connectivity index (χ2n) is 4.96. The number of piperazine rings is 1. The topological polar surface area (TPSA) is 39.6 Å². The summed E-state index contributed by atoms with van der Waals surface area (Å²) >= 11 is 0. The summed E-state index contributed by atoms with van der Waals surface area (Å²) in [5, 5.41) is 9.16. The number of aromatic nitrogens is 1. The maximum atomic E-state index is 9.16. The maximum Gasteiger partial charge on any atom is 0.128 e. The van der Waals surface area contributed by atoms with Crippen molar-refractivity contribution in [3.05, 3.63) is 23.9 Å². The monoisotopic (exact) mass is 233 g/mol. The summed E-state index contributed by atoms with van der Waals surface area (Å²) in [6.45, 7) is 4.65. The van der Waals surface area contributed by atoms with Crippen molar-refractivity contribution in [2.45, 2.75) is 25.5 Å². The zero-order chi connectivity index (χ0) is 11.7. The van der Waals surface area contributed by atoms with Gasteiger partial charge in [0, 0.05) is 31.9 Å². The van der Waals surface area contributed by atoms with Gasteiger partial charge in [0.1, 0.15) is 5.82 Å². The number of pyridine rings is 1. The molecular formula is C13H19N3O. The average Bonchev–Trinajstić information content (AvgIpc) is 2.86. The molecule has 2 aliphatic heterocycles. The Kier molecular flexibility index (Phi) is 2.99. The first-order valence-corrected chi connectivity index (χ1v) is 6.41. The molecule has 4 nitrogen and oxygen atoms in total. The van der Waals surface area contributed by atoms with Crippen molar-refractivity contribution in [2.24, 2.45) is 0 Å². The summed E-state index contributed by atoms with van der Waals surface area (Å²) in [6.07, 6.45) is 4.45. The lowest BCUT2D eigenvalue weighted by Crippen LogP contribution is -2.50. The number of hydrogen-bond acceptors (Lipinski definition) is 4. The van der Waals surface area contributed by atoms with E-state index in [-0.39, 0.29) is 6.61 Å². The van der Waals surface area contributed by atoms with Gasteiger partial charge in [-0.05, 0) is 37.1 Å². The predicted octanol–water partition coefficient (Wildman–Crippen LogP) is 0.858. The lowest BCUT2D eigenvalue weighted by Gasteiger charge is -2.38. The normalized spacial score (nSPS) is 25.0. The number of aliphatic hydroxyl groups is 1. The first-order valence-electron chi connectivity index (χ1n) is 6.41. The molecule has 0 amide bonds. The Labute approximate surface area is 102 Å². The van der Waals surface area contributed by atoms with Crippen LogP contribution in [-0.4, -0.2) is 47.2 Å². The molecule has 92 valence electrons. The molecule has 2 fully saturated rings. The summed E-state index contributed by atoms with van der Waals surface area (Å²) in [5.41, 5.74) is 0.948. The van der Waals surface area contributed by atoms with Crippen molar-refractivity contribution in [1.29, 1.82) is 0 Å². The average molecular weight is 233 g/mol. The minimum Gasteiger partial charge on any atom is -0.392 e. The summed E-state index contributed by atoms with van der Waals surface area (Å²) in [7, 11) is 0. The molecule has 1 atom stereocenters. The van der Waals surface area contributed by atoms with E-state index >= 15 is 0 Å². The van der Waals surface area contributed by atoms with E-state index in [9.17, 15) is 0 Å². The fourth-order valence-electron chi connectivity index (χ4n) is 2.93. The van der Waals surface area contributed by atoms with Crippen molar-refractivity contribution >= 4 is 5.82 Å². The molecule has 1 unspecified atom stereocenters. The van der Waals surface area contributed by atoms with Crippen LogP contribution in [0.3, 0.4) is 0 Å². The molecule has 0 aliphatic carbocycles. The minimum absolute atomic E-state index is 0.0961. The lowest BCUT2D eigenvalue weighted by molar-refractivity contribution is 0.230. The lowest BCUT2D eigenvalue weighted by atomic mass is 10.1. The molecule has 0 bridgehead atoms. The van der Waals surface area contributed by atoms with Crippen LogP contribution in [-0.2, 0) is 6.61 Å². The Morgan fingerprint density at radius 2 is 2.29 bits per heavy atom. The highest BCUT2D eigenvalue weighted by molar-refractivity contribution is 5.41. The van der Waals surface area contributed by atoms with Gasteiger partial charge in [-0.2, -0.15) is 0 Å². The van der Waals surface area contributed by atoms with E-state index in [4.69, 9.17) is 5.11 Å². The summed E-state index contributed by atoms with van der Waals surface area (Å²) in [6, 6.07) is 4.59. The van der Waals surface area contributed by atoms with Crippen molar-refractivity contribution in [1.82, 2.24) is 9.88 Å². The van der Waals surface area contributed by atoms with Crippen LogP contribution in [0.15, 0.2) is 18.3 Å². The van der Waals surface area contributed by atoms with Crippen LogP contribution in [0.2, 0.25) is 0 Å². The van der Waals surface area contributed by atoms with Crippen molar-refractivity contribution in [2.75, 3.05) is 31.1 Å². The smallest absolute Gasteiger partial charge is 0.128 e. The van der Waals surface area contributed by atoms with Gasteiger partial charge in [-0.1, -0.05) is 0 Å². The van der Waals surface area contributed by atoms with Gasteiger partial charge < -0.3 is 10.0 Å². The van der Waals surface area contributed by atoms with Gasteiger partial charge in [0.25, 0.3) is 0 Å². The molecule has 2 saturated heterocycles. The second kappa shape index (κ2) is 4.63. The van der Waals surface area contributed by atoms with E-state index < -0.39 is 0 Å². The molecule has 0 aromatic carbocycles. The molecule has 0 radical (unpaired) electrons. The fraction of sp³-hybridized carbons (Fsp3) is 0.615. The third-order valence-electron chi connectivity index (χ3n) is 3.90. The molecule has 3 heterocycles. The molecule has 1 N–H and O–H groups in total. The molecule has 4 heteroatoms. The van der Waals surface area contributed by atoms with Crippen molar-refractivity contribution in [3.8, 4) is 0 Å². The van der Waals surface area contributed by atoms with Crippen LogP contribution >= 0.6 is 0 Å².